The lowest BCUT2D eigenvalue weighted by molar-refractivity contribution is -0.231. The van der Waals surface area contributed by atoms with E-state index in [0.717, 1.165) is 112 Å². The summed E-state index contributed by atoms with van der Waals surface area (Å²) in [5.74, 6) is -2.04. The third kappa shape index (κ3) is 5.38. The minimum atomic E-state index is -2.38. The van der Waals surface area contributed by atoms with Crippen molar-refractivity contribution >= 4 is 23.5 Å². The molecule has 1 aromatic rings. The Morgan fingerprint density at radius 1 is 0.609 bits per heavy atom. The average molecular weight is 943 g/mol. The van der Waals surface area contributed by atoms with E-state index in [-0.39, 0.29) is 61.9 Å². The van der Waals surface area contributed by atoms with E-state index in [4.69, 9.17) is 18.9 Å². The van der Waals surface area contributed by atoms with Gasteiger partial charge in [0, 0.05) is 27.5 Å². The Labute approximate surface area is 410 Å². The van der Waals surface area contributed by atoms with E-state index in [0.29, 0.717) is 22.8 Å². The quantitative estimate of drug-likeness (QED) is 0.289. The number of hydrogen-bond donors (Lipinski definition) is 1. The molecule has 0 amide bonds. The summed E-state index contributed by atoms with van der Waals surface area (Å²) in [4.78, 5) is 56.4. The molecule has 6 fully saturated rings. The number of carbonyl (C=O) groups excluding carboxylic acids is 4. The van der Waals surface area contributed by atoms with Gasteiger partial charge in [-0.15, -0.1) is 0 Å². The van der Waals surface area contributed by atoms with Gasteiger partial charge >= 0.3 is 17.7 Å². The summed E-state index contributed by atoms with van der Waals surface area (Å²) < 4.78 is 24.7. The van der Waals surface area contributed by atoms with Crippen LogP contribution in [0.1, 0.15) is 188 Å². The molecular formula is C60H78O9. The van der Waals surface area contributed by atoms with Crippen molar-refractivity contribution in [1.29, 1.82) is 0 Å². The molecule has 10 aliphatic rings. The first-order valence-corrected chi connectivity index (χ1v) is 26.4. The van der Waals surface area contributed by atoms with Gasteiger partial charge in [-0.3, -0.25) is 19.2 Å². The number of hydrogen-bond acceptors (Lipinski definition) is 9. The summed E-state index contributed by atoms with van der Waals surface area (Å²) in [6.07, 6.45) is 20.6. The summed E-state index contributed by atoms with van der Waals surface area (Å²) >= 11 is 0. The molecule has 6 saturated carbocycles. The Balaban J connectivity index is 0.979. The highest BCUT2D eigenvalue weighted by Gasteiger charge is 2.72. The molecule has 14 unspecified atom stereocenters. The van der Waals surface area contributed by atoms with Gasteiger partial charge in [0.2, 0.25) is 11.4 Å². The molecule has 372 valence electrons. The van der Waals surface area contributed by atoms with Crippen LogP contribution >= 0.6 is 0 Å². The second-order valence-electron chi connectivity index (χ2n) is 27.2. The molecule has 1 aromatic carbocycles. The molecule has 9 aliphatic carbocycles. The zero-order chi connectivity index (χ0) is 49.9. The Kier molecular flexibility index (Phi) is 9.43. The zero-order valence-corrected chi connectivity index (χ0v) is 44.2. The number of carbonyl (C=O) groups is 4. The van der Waals surface area contributed by atoms with Crippen molar-refractivity contribution in [2.24, 2.45) is 60.6 Å². The van der Waals surface area contributed by atoms with Gasteiger partial charge in [-0.1, -0.05) is 73.1 Å². The number of esters is 2. The largest absolute Gasteiger partial charge is 0.471 e. The van der Waals surface area contributed by atoms with Crippen LogP contribution < -0.4 is 9.47 Å². The first kappa shape index (κ1) is 47.4. The maximum atomic E-state index is 14.9. The van der Waals surface area contributed by atoms with Crippen LogP contribution in [-0.4, -0.2) is 54.2 Å². The van der Waals surface area contributed by atoms with Crippen molar-refractivity contribution in [2.75, 3.05) is 14.2 Å². The van der Waals surface area contributed by atoms with Gasteiger partial charge in [0.05, 0.1) is 25.0 Å². The Morgan fingerprint density at radius 3 is 1.65 bits per heavy atom. The molecule has 1 heterocycles. The standard InChI is InChI=1S/C60H78O9/c1-34-45-37(54(7)24-28-58(11)43-33-52(5,48(64)67-14)20-18-50(43,3)22-26-56(58,9)41(54)31-38(45)61)29-39-46(34)69-60(65)44(62)30-36-35(59(60,12)68-39)15-16-40-53(36,6)23-27-57(10)42-32-51(4,47(63)66-13)19-17-49(42,2)21-25-55(40,57)8/h15-16,29-31,42-43,65H,17-28,32-33H2,1-14H3. The third-order valence-electron chi connectivity index (χ3n) is 24.2. The number of fused-ring (bicyclic) bond motifs is 17. The minimum absolute atomic E-state index is 0.0847. The molecule has 9 heteroatoms. The zero-order valence-electron chi connectivity index (χ0n) is 44.2. The van der Waals surface area contributed by atoms with Gasteiger partial charge in [0.15, 0.2) is 17.3 Å². The lowest BCUT2D eigenvalue weighted by Gasteiger charge is -2.70. The van der Waals surface area contributed by atoms with Gasteiger partial charge in [0.1, 0.15) is 0 Å². The molecule has 14 atom stereocenters. The van der Waals surface area contributed by atoms with Crippen molar-refractivity contribution in [1.82, 2.24) is 0 Å². The number of ketones is 2. The molecule has 0 aromatic heterocycles. The second kappa shape index (κ2) is 13.7. The van der Waals surface area contributed by atoms with Gasteiger partial charge in [-0.25, -0.2) is 0 Å². The number of methoxy groups -OCH3 is 2. The van der Waals surface area contributed by atoms with Crippen LogP contribution in [-0.2, 0) is 29.3 Å². The molecule has 0 saturated heterocycles. The van der Waals surface area contributed by atoms with Crippen LogP contribution in [0.15, 0.2) is 52.7 Å². The lowest BCUT2D eigenvalue weighted by atomic mass is 9.34. The number of allylic oxidation sites excluding steroid dienone is 5. The Bertz CT molecular complexity index is 2720. The monoisotopic (exact) mass is 943 g/mol. The molecule has 0 bridgehead atoms. The summed E-state index contributed by atoms with van der Waals surface area (Å²) in [5, 5.41) is 12.8. The highest BCUT2D eigenvalue weighted by Crippen LogP contribution is 2.78. The van der Waals surface area contributed by atoms with Crippen LogP contribution in [0.4, 0.5) is 0 Å². The highest BCUT2D eigenvalue weighted by atomic mass is 16.7. The highest BCUT2D eigenvalue weighted by molar-refractivity contribution is 6.10. The molecule has 11 rings (SSSR count). The smallest absolute Gasteiger partial charge is 0.317 e. The number of benzene rings is 1. The van der Waals surface area contributed by atoms with E-state index in [1.165, 1.54) is 19.8 Å². The van der Waals surface area contributed by atoms with E-state index in [9.17, 15) is 24.3 Å². The predicted molar refractivity (Wildman–Crippen MR) is 263 cm³/mol. The fraction of sp³-hybridized carbons (Fsp3) is 0.700. The van der Waals surface area contributed by atoms with E-state index < -0.39 is 38.8 Å². The van der Waals surface area contributed by atoms with Crippen LogP contribution in [0.25, 0.3) is 0 Å². The maximum absolute atomic E-state index is 14.9. The minimum Gasteiger partial charge on any atom is -0.471 e. The van der Waals surface area contributed by atoms with Gasteiger partial charge in [-0.2, -0.15) is 0 Å². The van der Waals surface area contributed by atoms with Crippen LogP contribution in [0.3, 0.4) is 0 Å². The molecule has 1 N–H and O–H groups in total. The van der Waals surface area contributed by atoms with Crippen molar-refractivity contribution in [2.45, 2.75) is 190 Å². The van der Waals surface area contributed by atoms with Crippen molar-refractivity contribution < 1.29 is 43.2 Å². The average Bonchev–Trinajstić information content (AvgIpc) is 3.30. The first-order chi connectivity index (χ1) is 32.0. The lowest BCUT2D eigenvalue weighted by Crippen LogP contribution is -2.70. The molecule has 0 radical (unpaired) electrons. The fourth-order valence-corrected chi connectivity index (χ4v) is 18.9. The van der Waals surface area contributed by atoms with Gasteiger partial charge in [-0.05, 0) is 197 Å². The van der Waals surface area contributed by atoms with Crippen molar-refractivity contribution in [3.8, 4) is 11.5 Å². The number of rotatable bonds is 2. The van der Waals surface area contributed by atoms with Gasteiger partial charge < -0.3 is 24.1 Å². The molecule has 1 aliphatic heterocycles. The van der Waals surface area contributed by atoms with Crippen LogP contribution in [0.2, 0.25) is 0 Å². The fourth-order valence-electron chi connectivity index (χ4n) is 18.9. The summed E-state index contributed by atoms with van der Waals surface area (Å²) in [6.45, 7) is 27.0. The molecule has 9 nitrogen and oxygen atoms in total. The molecular weight excluding hydrogens is 865 g/mol. The SMILES string of the molecule is COC(=O)C1(C)CCC2(C)CCC3(C)C4=CC=C5C(=CC(=O)C6(O)Oc7c(cc8c(c7C)C(=O)C=C7C8(C)CCC8(C)C9CC(C)(C(=O)OC)CCC9(C)CCC78C)OC56C)C4(C)CCC3(C)C2C1. The summed E-state index contributed by atoms with van der Waals surface area (Å²) in [5.41, 5.74) is 1.80. The topological polar surface area (TPSA) is 125 Å². The maximum Gasteiger partial charge on any atom is 0.317 e. The van der Waals surface area contributed by atoms with Crippen molar-refractivity contribution in [3.63, 3.8) is 0 Å². The van der Waals surface area contributed by atoms with E-state index in [1.807, 2.05) is 19.1 Å². The summed E-state index contributed by atoms with van der Waals surface area (Å²) in [7, 11) is 3.02. The van der Waals surface area contributed by atoms with Crippen molar-refractivity contribution in [3.05, 3.63) is 69.4 Å². The molecule has 0 spiro atoms. The van der Waals surface area contributed by atoms with E-state index in [2.05, 4.69) is 81.4 Å². The summed E-state index contributed by atoms with van der Waals surface area (Å²) in [6, 6.07) is 2.01. The second-order valence-corrected chi connectivity index (χ2v) is 27.2. The molecule has 69 heavy (non-hydrogen) atoms. The van der Waals surface area contributed by atoms with Crippen LogP contribution in [0.5, 0.6) is 11.5 Å². The first-order valence-electron chi connectivity index (χ1n) is 26.4. The predicted octanol–water partition coefficient (Wildman–Crippen LogP) is 12.1. The van der Waals surface area contributed by atoms with Crippen LogP contribution in [0, 0.1) is 67.5 Å². The Hall–Kier alpha value is -3.98. The normalized spacial score (nSPS) is 48.9. The van der Waals surface area contributed by atoms with E-state index >= 15 is 0 Å². The third-order valence-corrected chi connectivity index (χ3v) is 24.2. The Morgan fingerprint density at radius 2 is 1.12 bits per heavy atom. The number of aliphatic hydroxyl groups is 1. The number of ether oxygens (including phenoxy) is 4. The van der Waals surface area contributed by atoms with E-state index in [1.54, 1.807) is 13.0 Å². The van der Waals surface area contributed by atoms with Gasteiger partial charge in [0.25, 0.3) is 0 Å².